The molecule has 2 aromatic heterocycles. The monoisotopic (exact) mass is 354 g/mol. The SMILES string of the molecule is COc1ccc(C(=O)OCc2cc(=O)n3c(C)cccc3n2)c(OC)c1. The molecule has 0 spiro atoms. The van der Waals surface area contributed by atoms with Crippen LogP contribution in [-0.2, 0) is 11.3 Å². The zero-order valence-corrected chi connectivity index (χ0v) is 14.7. The fraction of sp³-hybridized carbons (Fsp3) is 0.211. The van der Waals surface area contributed by atoms with Gasteiger partial charge in [0.1, 0.15) is 29.3 Å². The number of carbonyl (C=O) groups is 1. The van der Waals surface area contributed by atoms with Crippen LogP contribution in [0.4, 0.5) is 0 Å². The normalized spacial score (nSPS) is 10.6. The van der Waals surface area contributed by atoms with Gasteiger partial charge in [0.05, 0.1) is 19.9 Å². The third-order valence-corrected chi connectivity index (χ3v) is 3.91. The first-order valence-corrected chi connectivity index (χ1v) is 7.91. The van der Waals surface area contributed by atoms with Crippen LogP contribution in [0.5, 0.6) is 11.5 Å². The van der Waals surface area contributed by atoms with Gasteiger partial charge < -0.3 is 14.2 Å². The Kier molecular flexibility index (Phi) is 4.88. The van der Waals surface area contributed by atoms with Crippen molar-refractivity contribution >= 4 is 11.6 Å². The Labute approximate surface area is 149 Å². The largest absolute Gasteiger partial charge is 0.497 e. The number of pyridine rings is 1. The maximum atomic E-state index is 12.3. The van der Waals surface area contributed by atoms with Crippen molar-refractivity contribution in [1.82, 2.24) is 9.38 Å². The van der Waals surface area contributed by atoms with Gasteiger partial charge in [-0.2, -0.15) is 0 Å². The molecule has 0 aliphatic heterocycles. The molecule has 26 heavy (non-hydrogen) atoms. The number of rotatable bonds is 5. The summed E-state index contributed by atoms with van der Waals surface area (Å²) in [5.41, 5.74) is 1.71. The molecular weight excluding hydrogens is 336 g/mol. The fourth-order valence-electron chi connectivity index (χ4n) is 2.62. The summed E-state index contributed by atoms with van der Waals surface area (Å²) in [5, 5.41) is 0. The standard InChI is InChI=1S/C19H18N2O5/c1-12-5-4-6-17-20-13(9-18(22)21(12)17)11-26-19(23)15-8-7-14(24-2)10-16(15)25-3/h4-10H,11H2,1-3H3. The Morgan fingerprint density at radius 2 is 1.92 bits per heavy atom. The molecule has 0 radical (unpaired) electrons. The lowest BCUT2D eigenvalue weighted by Crippen LogP contribution is -2.18. The molecule has 0 bridgehead atoms. The highest BCUT2D eigenvalue weighted by Gasteiger charge is 2.15. The molecule has 7 nitrogen and oxygen atoms in total. The number of hydrogen-bond donors (Lipinski definition) is 0. The van der Waals surface area contributed by atoms with Crippen molar-refractivity contribution in [3.8, 4) is 11.5 Å². The number of benzene rings is 1. The first-order valence-electron chi connectivity index (χ1n) is 7.91. The van der Waals surface area contributed by atoms with E-state index in [4.69, 9.17) is 14.2 Å². The van der Waals surface area contributed by atoms with Gasteiger partial charge in [-0.05, 0) is 31.2 Å². The molecule has 0 N–H and O–H groups in total. The van der Waals surface area contributed by atoms with Gasteiger partial charge in [0.2, 0.25) is 0 Å². The Morgan fingerprint density at radius 3 is 2.65 bits per heavy atom. The number of ether oxygens (including phenoxy) is 3. The minimum absolute atomic E-state index is 0.117. The first-order chi connectivity index (χ1) is 12.5. The summed E-state index contributed by atoms with van der Waals surface area (Å²) in [4.78, 5) is 29.0. The minimum Gasteiger partial charge on any atom is -0.497 e. The Hall–Kier alpha value is -3.35. The van der Waals surface area contributed by atoms with Gasteiger partial charge in [0.25, 0.3) is 5.56 Å². The molecule has 0 aliphatic carbocycles. The summed E-state index contributed by atoms with van der Waals surface area (Å²) < 4.78 is 17.1. The molecule has 0 unspecified atom stereocenters. The van der Waals surface area contributed by atoms with E-state index in [1.165, 1.54) is 24.7 Å². The second-order valence-electron chi connectivity index (χ2n) is 5.59. The zero-order chi connectivity index (χ0) is 18.7. The first kappa shape index (κ1) is 17.5. The van der Waals surface area contributed by atoms with Crippen molar-refractivity contribution in [2.75, 3.05) is 14.2 Å². The quantitative estimate of drug-likeness (QED) is 0.655. The Balaban J connectivity index is 1.82. The van der Waals surface area contributed by atoms with Crippen LogP contribution in [0.2, 0.25) is 0 Å². The Bertz CT molecular complexity index is 1030. The zero-order valence-electron chi connectivity index (χ0n) is 14.7. The third kappa shape index (κ3) is 3.37. The van der Waals surface area contributed by atoms with E-state index in [0.717, 1.165) is 5.69 Å². The average Bonchev–Trinajstić information content (AvgIpc) is 2.65. The molecule has 0 saturated heterocycles. The van der Waals surface area contributed by atoms with E-state index in [1.54, 1.807) is 24.3 Å². The number of esters is 1. The van der Waals surface area contributed by atoms with Crippen LogP contribution in [0.3, 0.4) is 0 Å². The highest BCUT2D eigenvalue weighted by molar-refractivity contribution is 5.92. The molecule has 134 valence electrons. The van der Waals surface area contributed by atoms with Gasteiger partial charge in [-0.15, -0.1) is 0 Å². The summed E-state index contributed by atoms with van der Waals surface area (Å²) in [7, 11) is 2.98. The van der Waals surface area contributed by atoms with Crippen LogP contribution < -0.4 is 15.0 Å². The molecular formula is C19H18N2O5. The predicted octanol–water partition coefficient (Wildman–Crippen LogP) is 2.38. The highest BCUT2D eigenvalue weighted by atomic mass is 16.5. The summed E-state index contributed by atoms with van der Waals surface area (Å²) in [5.74, 6) is 0.338. The lowest BCUT2D eigenvalue weighted by atomic mass is 10.2. The van der Waals surface area contributed by atoms with Crippen LogP contribution in [0, 0.1) is 6.92 Å². The average molecular weight is 354 g/mol. The minimum atomic E-state index is -0.573. The maximum Gasteiger partial charge on any atom is 0.342 e. The van der Waals surface area contributed by atoms with E-state index in [0.29, 0.717) is 22.8 Å². The summed E-state index contributed by atoms with van der Waals surface area (Å²) in [6, 6.07) is 11.5. The predicted molar refractivity (Wildman–Crippen MR) is 94.9 cm³/mol. The van der Waals surface area contributed by atoms with E-state index in [2.05, 4.69) is 4.98 Å². The smallest absolute Gasteiger partial charge is 0.342 e. The van der Waals surface area contributed by atoms with Crippen molar-refractivity contribution in [1.29, 1.82) is 0 Å². The third-order valence-electron chi connectivity index (χ3n) is 3.91. The van der Waals surface area contributed by atoms with Gasteiger partial charge in [-0.25, -0.2) is 9.78 Å². The van der Waals surface area contributed by atoms with Crippen LogP contribution in [0.25, 0.3) is 5.65 Å². The summed E-state index contributed by atoms with van der Waals surface area (Å²) in [6.45, 7) is 1.71. The van der Waals surface area contributed by atoms with Crippen molar-refractivity contribution in [3.05, 3.63) is 69.8 Å². The van der Waals surface area contributed by atoms with Crippen LogP contribution in [0.15, 0.2) is 47.3 Å². The highest BCUT2D eigenvalue weighted by Crippen LogP contribution is 2.25. The number of aromatic nitrogens is 2. The van der Waals surface area contributed by atoms with E-state index in [1.807, 2.05) is 19.1 Å². The molecule has 2 heterocycles. The van der Waals surface area contributed by atoms with Gasteiger partial charge in [0.15, 0.2) is 0 Å². The van der Waals surface area contributed by atoms with Crippen molar-refractivity contribution in [2.24, 2.45) is 0 Å². The van der Waals surface area contributed by atoms with Crippen molar-refractivity contribution in [2.45, 2.75) is 13.5 Å². The fourth-order valence-corrected chi connectivity index (χ4v) is 2.62. The van der Waals surface area contributed by atoms with E-state index < -0.39 is 5.97 Å². The van der Waals surface area contributed by atoms with Crippen molar-refractivity contribution < 1.29 is 19.0 Å². The molecule has 0 amide bonds. The van der Waals surface area contributed by atoms with Crippen molar-refractivity contribution in [3.63, 3.8) is 0 Å². The van der Waals surface area contributed by atoms with Gasteiger partial charge in [-0.1, -0.05) is 6.07 Å². The van der Waals surface area contributed by atoms with E-state index >= 15 is 0 Å². The number of fused-ring (bicyclic) bond motifs is 1. The molecule has 1 aromatic carbocycles. The summed E-state index contributed by atoms with van der Waals surface area (Å²) in [6.07, 6.45) is 0. The second-order valence-corrected chi connectivity index (χ2v) is 5.59. The molecule has 0 atom stereocenters. The van der Waals surface area contributed by atoms with Crippen LogP contribution >= 0.6 is 0 Å². The van der Waals surface area contributed by atoms with Gasteiger partial charge in [-0.3, -0.25) is 9.20 Å². The van der Waals surface area contributed by atoms with Gasteiger partial charge in [0, 0.05) is 17.8 Å². The number of aryl methyl sites for hydroxylation is 1. The van der Waals surface area contributed by atoms with Crippen LogP contribution in [0.1, 0.15) is 21.7 Å². The molecule has 0 fully saturated rings. The molecule has 0 saturated carbocycles. The number of methoxy groups -OCH3 is 2. The molecule has 7 heteroatoms. The van der Waals surface area contributed by atoms with E-state index in [9.17, 15) is 9.59 Å². The molecule has 3 aromatic rings. The van der Waals surface area contributed by atoms with Crippen LogP contribution in [-0.4, -0.2) is 29.6 Å². The lowest BCUT2D eigenvalue weighted by Gasteiger charge is -2.10. The number of carbonyl (C=O) groups excluding carboxylic acids is 1. The summed E-state index contributed by atoms with van der Waals surface area (Å²) >= 11 is 0. The molecule has 0 aliphatic rings. The Morgan fingerprint density at radius 1 is 1.12 bits per heavy atom. The number of hydrogen-bond acceptors (Lipinski definition) is 6. The van der Waals surface area contributed by atoms with Gasteiger partial charge >= 0.3 is 5.97 Å². The topological polar surface area (TPSA) is 79.1 Å². The number of nitrogens with zero attached hydrogens (tertiary/aromatic N) is 2. The second kappa shape index (κ2) is 7.26. The van der Waals surface area contributed by atoms with E-state index in [-0.39, 0.29) is 17.7 Å². The maximum absolute atomic E-state index is 12.3. The lowest BCUT2D eigenvalue weighted by molar-refractivity contribution is 0.0464. The molecule has 3 rings (SSSR count).